The van der Waals surface area contributed by atoms with Gasteiger partial charge in [0.05, 0.1) is 33.0 Å². The van der Waals surface area contributed by atoms with Crippen LogP contribution in [0.2, 0.25) is 0 Å². The average molecular weight is 409 g/mol. The first-order valence-corrected chi connectivity index (χ1v) is 10.2. The maximum absolute atomic E-state index is 12.3. The molecule has 158 valence electrons. The lowest BCUT2D eigenvalue weighted by molar-refractivity contribution is -0.117. The summed E-state index contributed by atoms with van der Waals surface area (Å²) >= 11 is 0. The van der Waals surface area contributed by atoms with Crippen LogP contribution in [0.25, 0.3) is 16.8 Å². The van der Waals surface area contributed by atoms with E-state index >= 15 is 0 Å². The molecule has 0 aliphatic carbocycles. The molecular formula is C23H27N3O4. The van der Waals surface area contributed by atoms with E-state index in [0.717, 1.165) is 29.4 Å². The number of hydrogen-bond donors (Lipinski definition) is 2. The minimum absolute atomic E-state index is 0.0177. The fourth-order valence-corrected chi connectivity index (χ4v) is 3.15. The molecule has 30 heavy (non-hydrogen) atoms. The Morgan fingerprint density at radius 2 is 1.83 bits per heavy atom. The quantitative estimate of drug-likeness (QED) is 0.335. The molecule has 7 heteroatoms. The van der Waals surface area contributed by atoms with E-state index in [1.165, 1.54) is 12.1 Å². The van der Waals surface area contributed by atoms with Gasteiger partial charge in [0.1, 0.15) is 11.6 Å². The molecule has 1 fully saturated rings. The van der Waals surface area contributed by atoms with Crippen molar-refractivity contribution in [1.29, 1.82) is 5.26 Å². The molecule has 7 nitrogen and oxygen atoms in total. The van der Waals surface area contributed by atoms with Gasteiger partial charge < -0.3 is 24.8 Å². The Morgan fingerprint density at radius 3 is 2.53 bits per heavy atom. The summed E-state index contributed by atoms with van der Waals surface area (Å²) in [4.78, 5) is 14.6. The van der Waals surface area contributed by atoms with Gasteiger partial charge in [-0.15, -0.1) is 0 Å². The number of nitriles is 1. The highest BCUT2D eigenvalue weighted by molar-refractivity contribution is 6.02. The summed E-state index contributed by atoms with van der Waals surface area (Å²) in [5.74, 6) is -0.425. The van der Waals surface area contributed by atoms with Crippen LogP contribution in [-0.2, 0) is 14.3 Å². The molecule has 0 radical (unpaired) electrons. The molecule has 1 heterocycles. The number of carbonyl (C=O) groups is 1. The average Bonchev–Trinajstić information content (AvgIpc) is 2.72. The fraction of sp³-hybridized carbons (Fsp3) is 0.391. The lowest BCUT2D eigenvalue weighted by Gasteiger charge is -2.33. The van der Waals surface area contributed by atoms with Gasteiger partial charge in [-0.2, -0.15) is 5.26 Å². The van der Waals surface area contributed by atoms with Crippen molar-refractivity contribution >= 4 is 28.4 Å². The predicted octanol–water partition coefficient (Wildman–Crippen LogP) is 2.10. The first-order chi connectivity index (χ1) is 14.7. The minimum atomic E-state index is -0.425. The number of nitrogens with one attached hydrogen (secondary N) is 1. The van der Waals surface area contributed by atoms with Crippen LogP contribution in [0.5, 0.6) is 0 Å². The summed E-state index contributed by atoms with van der Waals surface area (Å²) in [7, 11) is 0. The van der Waals surface area contributed by atoms with Gasteiger partial charge in [0, 0.05) is 25.3 Å². The smallest absolute Gasteiger partial charge is 0.262 e. The van der Waals surface area contributed by atoms with Crippen molar-refractivity contribution in [3.63, 3.8) is 0 Å². The zero-order chi connectivity index (χ0) is 21.2. The van der Waals surface area contributed by atoms with Crippen LogP contribution in [-0.4, -0.2) is 63.7 Å². The largest absolute Gasteiger partial charge is 0.394 e. The zero-order valence-electron chi connectivity index (χ0n) is 17.0. The van der Waals surface area contributed by atoms with E-state index in [1.54, 1.807) is 6.08 Å². The Labute approximate surface area is 176 Å². The number of ether oxygens (including phenoxy) is 2. The van der Waals surface area contributed by atoms with Crippen molar-refractivity contribution < 1.29 is 19.4 Å². The number of hydrogen-bond acceptors (Lipinski definition) is 6. The van der Waals surface area contributed by atoms with E-state index in [9.17, 15) is 10.1 Å². The molecule has 2 aromatic rings. The summed E-state index contributed by atoms with van der Waals surface area (Å²) in [6.45, 7) is 3.87. The number of anilines is 1. The molecule has 1 aliphatic rings. The predicted molar refractivity (Wildman–Crippen MR) is 116 cm³/mol. The van der Waals surface area contributed by atoms with E-state index in [0.29, 0.717) is 26.4 Å². The standard InChI is InChI=1S/C23H27N3O4/c24-17-21(23(28)25-6-10-29-12-13-30-11-9-27)15-18-2-3-20-16-22(26-7-1-8-26)5-4-19(20)14-18/h2-5,14-16,27H,1,6-13H2,(H,25,28)/b21-15+. The molecule has 1 amide bonds. The molecule has 0 atom stereocenters. The number of carbonyl (C=O) groups excluding carboxylic acids is 1. The number of rotatable bonds is 11. The van der Waals surface area contributed by atoms with Crippen LogP contribution in [0.3, 0.4) is 0 Å². The Balaban J connectivity index is 1.53. The molecule has 2 aromatic carbocycles. The summed E-state index contributed by atoms with van der Waals surface area (Å²) in [5, 5.41) is 22.9. The van der Waals surface area contributed by atoms with Crippen molar-refractivity contribution in [1.82, 2.24) is 5.32 Å². The van der Waals surface area contributed by atoms with Crippen LogP contribution < -0.4 is 10.2 Å². The summed E-state index contributed by atoms with van der Waals surface area (Å²) in [6.07, 6.45) is 2.84. The van der Waals surface area contributed by atoms with Gasteiger partial charge in [-0.3, -0.25) is 4.79 Å². The van der Waals surface area contributed by atoms with Crippen molar-refractivity contribution in [2.45, 2.75) is 6.42 Å². The molecule has 0 spiro atoms. The monoisotopic (exact) mass is 409 g/mol. The van der Waals surface area contributed by atoms with Gasteiger partial charge in [-0.1, -0.05) is 18.2 Å². The second-order valence-corrected chi connectivity index (χ2v) is 7.01. The van der Waals surface area contributed by atoms with Gasteiger partial charge in [0.25, 0.3) is 5.91 Å². The molecule has 2 N–H and O–H groups in total. The van der Waals surface area contributed by atoms with Gasteiger partial charge in [0.2, 0.25) is 0 Å². The van der Waals surface area contributed by atoms with Crippen LogP contribution in [0, 0.1) is 11.3 Å². The van der Waals surface area contributed by atoms with Crippen LogP contribution in [0.1, 0.15) is 12.0 Å². The maximum atomic E-state index is 12.3. The van der Waals surface area contributed by atoms with Crippen LogP contribution in [0.15, 0.2) is 42.0 Å². The molecule has 1 aliphatic heterocycles. The normalized spacial score (nSPS) is 13.7. The lowest BCUT2D eigenvalue weighted by atomic mass is 10.0. The second kappa shape index (κ2) is 11.3. The first kappa shape index (κ1) is 21.8. The maximum Gasteiger partial charge on any atom is 0.262 e. The molecule has 0 aromatic heterocycles. The van der Waals surface area contributed by atoms with Crippen LogP contribution >= 0.6 is 0 Å². The van der Waals surface area contributed by atoms with Crippen molar-refractivity contribution in [3.8, 4) is 6.07 Å². The van der Waals surface area contributed by atoms with E-state index in [4.69, 9.17) is 14.6 Å². The summed E-state index contributed by atoms with van der Waals surface area (Å²) < 4.78 is 10.4. The Morgan fingerprint density at radius 1 is 1.10 bits per heavy atom. The molecule has 0 saturated carbocycles. The Kier molecular flexibility index (Phi) is 8.21. The minimum Gasteiger partial charge on any atom is -0.394 e. The third kappa shape index (κ3) is 6.04. The third-order valence-electron chi connectivity index (χ3n) is 4.88. The molecular weight excluding hydrogens is 382 g/mol. The second-order valence-electron chi connectivity index (χ2n) is 7.01. The number of aliphatic hydroxyl groups is 1. The molecule has 1 saturated heterocycles. The molecule has 3 rings (SSSR count). The topological polar surface area (TPSA) is 94.8 Å². The Bertz CT molecular complexity index is 932. The van der Waals surface area contributed by atoms with Crippen molar-refractivity contribution in [3.05, 3.63) is 47.5 Å². The first-order valence-electron chi connectivity index (χ1n) is 10.2. The van der Waals surface area contributed by atoms with E-state index in [2.05, 4.69) is 28.4 Å². The Hall–Kier alpha value is -2.92. The SMILES string of the molecule is N#C/C(=C\c1ccc2cc(N3CCC3)ccc2c1)C(=O)NCCOCCOCCO. The van der Waals surface area contributed by atoms with Gasteiger partial charge >= 0.3 is 0 Å². The number of fused-ring (bicyclic) bond motifs is 1. The highest BCUT2D eigenvalue weighted by atomic mass is 16.5. The van der Waals surface area contributed by atoms with Gasteiger partial charge in [-0.05, 0) is 47.0 Å². The van der Waals surface area contributed by atoms with E-state index < -0.39 is 5.91 Å². The van der Waals surface area contributed by atoms with E-state index in [-0.39, 0.29) is 18.8 Å². The molecule has 0 unspecified atom stereocenters. The number of amides is 1. The zero-order valence-corrected chi connectivity index (χ0v) is 17.0. The highest BCUT2D eigenvalue weighted by Crippen LogP contribution is 2.26. The van der Waals surface area contributed by atoms with Crippen molar-refractivity contribution in [2.24, 2.45) is 0 Å². The number of benzene rings is 2. The van der Waals surface area contributed by atoms with Gasteiger partial charge in [0.15, 0.2) is 0 Å². The number of aliphatic hydroxyl groups excluding tert-OH is 1. The number of nitrogens with zero attached hydrogens (tertiary/aromatic N) is 2. The molecule has 0 bridgehead atoms. The van der Waals surface area contributed by atoms with Crippen LogP contribution in [0.4, 0.5) is 5.69 Å². The highest BCUT2D eigenvalue weighted by Gasteiger charge is 2.14. The van der Waals surface area contributed by atoms with Crippen molar-refractivity contribution in [2.75, 3.05) is 57.6 Å². The summed E-state index contributed by atoms with van der Waals surface area (Å²) in [5.41, 5.74) is 2.09. The van der Waals surface area contributed by atoms with E-state index in [1.807, 2.05) is 24.3 Å². The van der Waals surface area contributed by atoms with Gasteiger partial charge in [-0.25, -0.2) is 0 Å². The fourth-order valence-electron chi connectivity index (χ4n) is 3.15. The lowest BCUT2D eigenvalue weighted by Crippen LogP contribution is -2.36. The third-order valence-corrected chi connectivity index (χ3v) is 4.88. The summed E-state index contributed by atoms with van der Waals surface area (Å²) in [6, 6.07) is 14.3.